The van der Waals surface area contributed by atoms with Crippen molar-refractivity contribution in [1.29, 1.82) is 0 Å². The fourth-order valence-electron chi connectivity index (χ4n) is 1.78. The first kappa shape index (κ1) is 15.2. The highest BCUT2D eigenvalue weighted by Gasteiger charge is 2.05. The molecule has 0 amide bonds. The highest BCUT2D eigenvalue weighted by atomic mass is 35.5. The van der Waals surface area contributed by atoms with E-state index in [4.69, 9.17) is 5.73 Å². The summed E-state index contributed by atoms with van der Waals surface area (Å²) in [5.74, 6) is 0.381. The molecule has 2 N–H and O–H groups in total. The van der Waals surface area contributed by atoms with Crippen LogP contribution in [0.5, 0.6) is 0 Å². The Morgan fingerprint density at radius 3 is 2.63 bits per heavy atom. The first-order valence-corrected chi connectivity index (χ1v) is 6.00. The van der Waals surface area contributed by atoms with E-state index in [9.17, 15) is 4.79 Å². The van der Waals surface area contributed by atoms with Gasteiger partial charge < -0.3 is 5.73 Å². The fourth-order valence-corrected chi connectivity index (χ4v) is 1.78. The first-order valence-electron chi connectivity index (χ1n) is 6.00. The minimum Gasteiger partial charge on any atom is -0.399 e. The number of nitrogen functional groups attached to an aromatic ring is 1. The number of nitrogens with two attached hydrogens (primary N) is 1. The maximum atomic E-state index is 11.7. The molecule has 19 heavy (non-hydrogen) atoms. The summed E-state index contributed by atoms with van der Waals surface area (Å²) in [4.78, 5) is 11.7. The normalized spacial score (nSPS) is 10.3. The van der Waals surface area contributed by atoms with E-state index < -0.39 is 0 Å². The second-order valence-electron chi connectivity index (χ2n) is 4.76. The van der Waals surface area contributed by atoms with Gasteiger partial charge in [0.2, 0.25) is 0 Å². The average Bonchev–Trinajstić information content (AvgIpc) is 2.31. The maximum Gasteiger partial charge on any atom is 0.266 e. The van der Waals surface area contributed by atoms with Crippen molar-refractivity contribution < 1.29 is 0 Å². The van der Waals surface area contributed by atoms with Crippen LogP contribution in [0.2, 0.25) is 0 Å². The first-order chi connectivity index (χ1) is 8.56. The Morgan fingerprint density at radius 1 is 1.26 bits per heavy atom. The molecule has 0 radical (unpaired) electrons. The Labute approximate surface area is 118 Å². The minimum atomic E-state index is -0.0728. The van der Waals surface area contributed by atoms with Crippen LogP contribution in [-0.4, -0.2) is 9.78 Å². The average molecular weight is 280 g/mol. The molecule has 0 fully saturated rings. The minimum absolute atomic E-state index is 0. The summed E-state index contributed by atoms with van der Waals surface area (Å²) in [7, 11) is 0. The number of hydrogen-bond acceptors (Lipinski definition) is 3. The van der Waals surface area contributed by atoms with Gasteiger partial charge in [-0.3, -0.25) is 4.79 Å². The van der Waals surface area contributed by atoms with E-state index in [0.717, 1.165) is 11.3 Å². The largest absolute Gasteiger partial charge is 0.399 e. The van der Waals surface area contributed by atoms with Gasteiger partial charge in [0, 0.05) is 23.9 Å². The van der Waals surface area contributed by atoms with E-state index in [-0.39, 0.29) is 18.0 Å². The third-order valence-electron chi connectivity index (χ3n) is 2.59. The lowest BCUT2D eigenvalue weighted by Gasteiger charge is -2.09. The van der Waals surface area contributed by atoms with Crippen molar-refractivity contribution in [2.24, 2.45) is 5.92 Å². The molecular weight excluding hydrogens is 262 g/mol. The fraction of sp³-hybridized carbons (Fsp3) is 0.286. The number of nitrogens with zero attached hydrogens (tertiary/aromatic N) is 2. The van der Waals surface area contributed by atoms with Gasteiger partial charge in [-0.1, -0.05) is 26.0 Å². The lowest BCUT2D eigenvalue weighted by molar-refractivity contribution is 0.465. The van der Waals surface area contributed by atoms with Crippen molar-refractivity contribution in [1.82, 2.24) is 9.78 Å². The topological polar surface area (TPSA) is 60.9 Å². The van der Waals surface area contributed by atoms with Crippen molar-refractivity contribution in [3.05, 3.63) is 46.8 Å². The Kier molecular flexibility index (Phi) is 5.12. The van der Waals surface area contributed by atoms with Gasteiger partial charge >= 0.3 is 0 Å². The standard InChI is InChI=1S/C14H17N3O.ClH/c1-10(2)9-17-14(18)7-6-13(16-17)11-4-3-5-12(15)8-11;/h3-8,10H,9,15H2,1-2H3;1H. The number of benzene rings is 1. The highest BCUT2D eigenvalue weighted by molar-refractivity contribution is 5.85. The van der Waals surface area contributed by atoms with Crippen molar-refractivity contribution in [3.8, 4) is 11.3 Å². The van der Waals surface area contributed by atoms with Crippen molar-refractivity contribution in [3.63, 3.8) is 0 Å². The van der Waals surface area contributed by atoms with Gasteiger partial charge in [0.15, 0.2) is 0 Å². The predicted molar refractivity (Wildman–Crippen MR) is 80.4 cm³/mol. The summed E-state index contributed by atoms with van der Waals surface area (Å²) >= 11 is 0. The number of halogens is 1. The molecule has 102 valence electrons. The van der Waals surface area contributed by atoms with Crippen LogP contribution in [0.1, 0.15) is 13.8 Å². The Balaban J connectivity index is 0.00000180. The summed E-state index contributed by atoms with van der Waals surface area (Å²) in [6, 6.07) is 10.8. The molecule has 1 heterocycles. The monoisotopic (exact) mass is 279 g/mol. The van der Waals surface area contributed by atoms with E-state index in [2.05, 4.69) is 18.9 Å². The highest BCUT2D eigenvalue weighted by Crippen LogP contribution is 2.18. The van der Waals surface area contributed by atoms with Gasteiger partial charge in [-0.25, -0.2) is 4.68 Å². The van der Waals surface area contributed by atoms with E-state index >= 15 is 0 Å². The second-order valence-corrected chi connectivity index (χ2v) is 4.76. The molecule has 0 saturated carbocycles. The molecule has 5 heteroatoms. The number of hydrogen-bond donors (Lipinski definition) is 1. The summed E-state index contributed by atoms with van der Waals surface area (Å²) in [5, 5.41) is 4.37. The van der Waals surface area contributed by atoms with Gasteiger partial charge in [0.1, 0.15) is 0 Å². The van der Waals surface area contributed by atoms with Gasteiger partial charge in [0.05, 0.1) is 5.69 Å². The molecule has 0 spiro atoms. The van der Waals surface area contributed by atoms with Crippen LogP contribution < -0.4 is 11.3 Å². The quantitative estimate of drug-likeness (QED) is 0.879. The molecule has 0 saturated heterocycles. The van der Waals surface area contributed by atoms with E-state index in [1.807, 2.05) is 24.3 Å². The molecule has 0 atom stereocenters. The van der Waals surface area contributed by atoms with Crippen LogP contribution in [0.25, 0.3) is 11.3 Å². The molecule has 0 unspecified atom stereocenters. The van der Waals surface area contributed by atoms with Gasteiger partial charge in [-0.05, 0) is 24.1 Å². The smallest absolute Gasteiger partial charge is 0.266 e. The van der Waals surface area contributed by atoms with Crippen molar-refractivity contribution >= 4 is 18.1 Å². The molecule has 4 nitrogen and oxygen atoms in total. The molecule has 1 aromatic heterocycles. The molecule has 2 aromatic rings. The lowest BCUT2D eigenvalue weighted by Crippen LogP contribution is -2.24. The summed E-state index contributed by atoms with van der Waals surface area (Å²) in [5.41, 5.74) is 8.06. The zero-order valence-electron chi connectivity index (χ0n) is 11.0. The Morgan fingerprint density at radius 2 is 2.00 bits per heavy atom. The third kappa shape index (κ3) is 3.83. The summed E-state index contributed by atoms with van der Waals surface area (Å²) < 4.78 is 1.50. The summed E-state index contributed by atoms with van der Waals surface area (Å²) in [6.45, 7) is 4.73. The second kappa shape index (κ2) is 6.38. The molecule has 2 rings (SSSR count). The Bertz CT molecular complexity index is 608. The van der Waals surface area contributed by atoms with Crippen molar-refractivity contribution in [2.45, 2.75) is 20.4 Å². The van der Waals surface area contributed by atoms with Crippen LogP contribution in [0, 0.1) is 5.92 Å². The van der Waals surface area contributed by atoms with Crippen LogP contribution in [-0.2, 0) is 6.54 Å². The zero-order valence-corrected chi connectivity index (χ0v) is 11.9. The number of anilines is 1. The van der Waals surface area contributed by atoms with Crippen molar-refractivity contribution in [2.75, 3.05) is 5.73 Å². The van der Waals surface area contributed by atoms with E-state index in [1.165, 1.54) is 4.68 Å². The van der Waals surface area contributed by atoms with E-state index in [0.29, 0.717) is 18.2 Å². The molecular formula is C14H18ClN3O. The Hall–Kier alpha value is -1.81. The van der Waals surface area contributed by atoms with Crippen LogP contribution >= 0.6 is 12.4 Å². The van der Waals surface area contributed by atoms with Gasteiger partial charge in [0.25, 0.3) is 5.56 Å². The predicted octanol–water partition coefficient (Wildman–Crippen LogP) is 2.57. The molecule has 0 aliphatic heterocycles. The van der Waals surface area contributed by atoms with Gasteiger partial charge in [-0.15, -0.1) is 12.4 Å². The summed E-state index contributed by atoms with van der Waals surface area (Å²) in [6.07, 6.45) is 0. The molecule has 0 aliphatic carbocycles. The maximum absolute atomic E-state index is 11.7. The SMILES string of the molecule is CC(C)Cn1nc(-c2cccc(N)c2)ccc1=O.Cl. The van der Waals surface area contributed by atoms with E-state index in [1.54, 1.807) is 12.1 Å². The molecule has 1 aromatic carbocycles. The lowest BCUT2D eigenvalue weighted by atomic mass is 10.1. The molecule has 0 aliphatic rings. The number of aromatic nitrogens is 2. The number of rotatable bonds is 3. The van der Waals surface area contributed by atoms with Crippen LogP contribution in [0.15, 0.2) is 41.2 Å². The zero-order chi connectivity index (χ0) is 13.1. The third-order valence-corrected chi connectivity index (χ3v) is 2.59. The van der Waals surface area contributed by atoms with Gasteiger partial charge in [-0.2, -0.15) is 5.10 Å². The van der Waals surface area contributed by atoms with Crippen LogP contribution in [0.4, 0.5) is 5.69 Å². The van der Waals surface area contributed by atoms with Crippen LogP contribution in [0.3, 0.4) is 0 Å². The molecule has 0 bridgehead atoms.